The van der Waals surface area contributed by atoms with Crippen LogP contribution in [0.5, 0.6) is 0 Å². The quantitative estimate of drug-likeness (QED) is 0.188. The molecule has 4 aromatic rings. The van der Waals surface area contributed by atoms with E-state index in [2.05, 4.69) is 58.7 Å². The molecule has 2 heteroatoms. The van der Waals surface area contributed by atoms with Gasteiger partial charge in [-0.1, -0.05) is 84.1 Å². The highest BCUT2D eigenvalue weighted by atomic mass is 127. The Morgan fingerprint density at radius 3 is 2.21 bits per heavy atom. The molecule has 0 radical (unpaired) electrons. The number of ketones is 1. The standard InChI is InChI=1S/C26H17IO/c1-18-12-14-21-17-24(27)22(15-13-19-8-4-2-5-9-19)25(23(21)16-18)26(28)20-10-6-3-7-11-20/h2-12,14,16-17H,1H3. The van der Waals surface area contributed by atoms with Crippen LogP contribution < -0.4 is 0 Å². The van der Waals surface area contributed by atoms with E-state index in [0.717, 1.165) is 31.0 Å². The van der Waals surface area contributed by atoms with Gasteiger partial charge in [-0.25, -0.2) is 0 Å². The van der Waals surface area contributed by atoms with Crippen molar-refractivity contribution in [1.29, 1.82) is 0 Å². The lowest BCUT2D eigenvalue weighted by Crippen LogP contribution is -2.07. The molecule has 0 unspecified atom stereocenters. The summed E-state index contributed by atoms with van der Waals surface area (Å²) >= 11 is 2.28. The van der Waals surface area contributed by atoms with E-state index in [1.807, 2.05) is 67.6 Å². The third-order valence-electron chi connectivity index (χ3n) is 4.62. The van der Waals surface area contributed by atoms with Crippen LogP contribution in [0.2, 0.25) is 0 Å². The van der Waals surface area contributed by atoms with Crippen molar-refractivity contribution in [2.24, 2.45) is 0 Å². The fraction of sp³-hybridized carbons (Fsp3) is 0.0385. The topological polar surface area (TPSA) is 17.1 Å². The summed E-state index contributed by atoms with van der Waals surface area (Å²) in [5, 5.41) is 2.01. The zero-order chi connectivity index (χ0) is 19.5. The molecule has 0 bridgehead atoms. The Bertz CT molecular complexity index is 1230. The van der Waals surface area contributed by atoms with E-state index in [1.54, 1.807) is 0 Å². The van der Waals surface area contributed by atoms with E-state index in [-0.39, 0.29) is 5.78 Å². The van der Waals surface area contributed by atoms with Crippen LogP contribution in [0.25, 0.3) is 10.8 Å². The Morgan fingerprint density at radius 1 is 0.821 bits per heavy atom. The first-order valence-electron chi connectivity index (χ1n) is 9.03. The number of hydrogen-bond acceptors (Lipinski definition) is 1. The first-order valence-corrected chi connectivity index (χ1v) is 10.1. The average Bonchev–Trinajstić information content (AvgIpc) is 2.73. The molecule has 0 atom stereocenters. The summed E-state index contributed by atoms with van der Waals surface area (Å²) in [7, 11) is 0. The monoisotopic (exact) mass is 472 g/mol. The summed E-state index contributed by atoms with van der Waals surface area (Å²) in [5.74, 6) is 6.51. The molecule has 0 amide bonds. The van der Waals surface area contributed by atoms with Gasteiger partial charge in [0.05, 0.1) is 5.56 Å². The van der Waals surface area contributed by atoms with Gasteiger partial charge in [-0.3, -0.25) is 4.79 Å². The fourth-order valence-electron chi connectivity index (χ4n) is 3.22. The van der Waals surface area contributed by atoms with Crippen LogP contribution in [-0.4, -0.2) is 5.78 Å². The molecule has 0 aliphatic heterocycles. The highest BCUT2D eigenvalue weighted by Crippen LogP contribution is 2.30. The van der Waals surface area contributed by atoms with Crippen molar-refractivity contribution in [2.75, 3.05) is 0 Å². The van der Waals surface area contributed by atoms with Crippen LogP contribution >= 0.6 is 22.6 Å². The number of hydrogen-bond donors (Lipinski definition) is 0. The maximum absolute atomic E-state index is 13.5. The number of carbonyl (C=O) groups excluding carboxylic acids is 1. The minimum Gasteiger partial charge on any atom is -0.289 e. The highest BCUT2D eigenvalue weighted by Gasteiger charge is 2.19. The molecule has 0 aromatic heterocycles. The van der Waals surface area contributed by atoms with E-state index >= 15 is 0 Å². The van der Waals surface area contributed by atoms with Gasteiger partial charge in [-0.05, 0) is 58.5 Å². The van der Waals surface area contributed by atoms with E-state index in [9.17, 15) is 4.79 Å². The number of fused-ring (bicyclic) bond motifs is 1. The largest absolute Gasteiger partial charge is 0.289 e. The van der Waals surface area contributed by atoms with Crippen molar-refractivity contribution in [3.63, 3.8) is 0 Å². The molecule has 0 fully saturated rings. The average molecular weight is 472 g/mol. The molecule has 0 spiro atoms. The number of carbonyl (C=O) groups is 1. The first kappa shape index (κ1) is 18.5. The SMILES string of the molecule is Cc1ccc2cc(I)c(C#Cc3ccccc3)c(C(=O)c3ccccc3)c2c1. The Labute approximate surface area is 178 Å². The lowest BCUT2D eigenvalue weighted by atomic mass is 9.92. The van der Waals surface area contributed by atoms with Gasteiger partial charge >= 0.3 is 0 Å². The summed E-state index contributed by atoms with van der Waals surface area (Å²) in [6, 6.07) is 27.6. The van der Waals surface area contributed by atoms with Gasteiger partial charge in [0.15, 0.2) is 5.78 Å². The Morgan fingerprint density at radius 2 is 1.50 bits per heavy atom. The minimum atomic E-state index is 0.00655. The normalized spacial score (nSPS) is 10.4. The lowest BCUT2D eigenvalue weighted by molar-refractivity contribution is 0.104. The van der Waals surface area contributed by atoms with Gasteiger partial charge < -0.3 is 0 Å². The van der Waals surface area contributed by atoms with Crippen LogP contribution in [0.15, 0.2) is 84.9 Å². The maximum atomic E-state index is 13.5. The molecule has 134 valence electrons. The Balaban J connectivity index is 2.00. The fourth-order valence-corrected chi connectivity index (χ4v) is 3.96. The van der Waals surface area contributed by atoms with E-state index in [4.69, 9.17) is 0 Å². The number of halogens is 1. The van der Waals surface area contributed by atoms with E-state index < -0.39 is 0 Å². The third kappa shape index (κ3) is 3.72. The predicted octanol–water partition coefficient (Wildman–Crippen LogP) is 6.38. The molecule has 0 heterocycles. The molecule has 0 aliphatic carbocycles. The molecule has 4 rings (SSSR count). The molecular formula is C26H17IO. The van der Waals surface area contributed by atoms with Crippen LogP contribution in [-0.2, 0) is 0 Å². The summed E-state index contributed by atoms with van der Waals surface area (Å²) in [6.45, 7) is 2.05. The summed E-state index contributed by atoms with van der Waals surface area (Å²) in [6.07, 6.45) is 0. The molecular weight excluding hydrogens is 455 g/mol. The van der Waals surface area contributed by atoms with Crippen LogP contribution in [0.4, 0.5) is 0 Å². The molecule has 28 heavy (non-hydrogen) atoms. The van der Waals surface area contributed by atoms with E-state index in [1.165, 1.54) is 0 Å². The van der Waals surface area contributed by atoms with Crippen molar-refractivity contribution in [3.8, 4) is 11.8 Å². The van der Waals surface area contributed by atoms with Gasteiger partial charge in [0.1, 0.15) is 0 Å². The second kappa shape index (κ2) is 8.00. The van der Waals surface area contributed by atoms with Gasteiger partial charge in [-0.2, -0.15) is 0 Å². The molecule has 4 aromatic carbocycles. The number of rotatable bonds is 2. The highest BCUT2D eigenvalue weighted by molar-refractivity contribution is 14.1. The first-order chi connectivity index (χ1) is 13.6. The second-order valence-electron chi connectivity index (χ2n) is 6.64. The zero-order valence-electron chi connectivity index (χ0n) is 15.4. The summed E-state index contributed by atoms with van der Waals surface area (Å²) in [4.78, 5) is 13.5. The van der Waals surface area contributed by atoms with Gasteiger partial charge in [-0.15, -0.1) is 0 Å². The van der Waals surface area contributed by atoms with E-state index in [0.29, 0.717) is 11.1 Å². The van der Waals surface area contributed by atoms with Crippen molar-refractivity contribution in [3.05, 3.63) is 116 Å². The van der Waals surface area contributed by atoms with Gasteiger partial charge in [0, 0.05) is 20.3 Å². The minimum absolute atomic E-state index is 0.00655. The van der Waals surface area contributed by atoms with Crippen LogP contribution in [0, 0.1) is 22.3 Å². The Kier molecular flexibility index (Phi) is 5.27. The molecule has 0 saturated carbocycles. The second-order valence-corrected chi connectivity index (χ2v) is 7.81. The smallest absolute Gasteiger partial charge is 0.194 e. The molecule has 0 saturated heterocycles. The molecule has 0 N–H and O–H groups in total. The zero-order valence-corrected chi connectivity index (χ0v) is 17.5. The molecule has 1 nitrogen and oxygen atoms in total. The summed E-state index contributed by atoms with van der Waals surface area (Å²) in [5.41, 5.74) is 4.20. The number of aryl methyl sites for hydroxylation is 1. The van der Waals surface area contributed by atoms with Crippen molar-refractivity contribution >= 4 is 39.1 Å². The van der Waals surface area contributed by atoms with Gasteiger partial charge in [0.2, 0.25) is 0 Å². The van der Waals surface area contributed by atoms with Crippen molar-refractivity contribution in [1.82, 2.24) is 0 Å². The Hall–Kier alpha value is -2.90. The third-order valence-corrected chi connectivity index (χ3v) is 5.47. The van der Waals surface area contributed by atoms with Gasteiger partial charge in [0.25, 0.3) is 0 Å². The predicted molar refractivity (Wildman–Crippen MR) is 124 cm³/mol. The number of benzene rings is 4. The van der Waals surface area contributed by atoms with Crippen LogP contribution in [0.3, 0.4) is 0 Å². The van der Waals surface area contributed by atoms with Crippen LogP contribution in [0.1, 0.15) is 32.6 Å². The van der Waals surface area contributed by atoms with Crippen molar-refractivity contribution in [2.45, 2.75) is 6.92 Å². The summed E-state index contributed by atoms with van der Waals surface area (Å²) < 4.78 is 0.983. The maximum Gasteiger partial charge on any atom is 0.194 e. The lowest BCUT2D eigenvalue weighted by Gasteiger charge is -2.12. The molecule has 0 aliphatic rings. The van der Waals surface area contributed by atoms with Crippen molar-refractivity contribution < 1.29 is 4.79 Å².